The highest BCUT2D eigenvalue weighted by molar-refractivity contribution is 5.20. The second-order valence-electron chi connectivity index (χ2n) is 6.90. The molecule has 0 radical (unpaired) electrons. The van der Waals surface area contributed by atoms with Crippen molar-refractivity contribution in [3.8, 4) is 6.07 Å². The minimum Gasteiger partial charge on any atom is -0.388 e. The molecule has 3 rings (SSSR count). The molecule has 0 aliphatic heterocycles. The largest absolute Gasteiger partial charge is 0.388 e. The number of aliphatic hydroxyl groups is 1. The Hall–Kier alpha value is -0.550. The van der Waals surface area contributed by atoms with Gasteiger partial charge in [0.05, 0.1) is 17.1 Å². The quantitative estimate of drug-likeness (QED) is 0.755. The van der Waals surface area contributed by atoms with Gasteiger partial charge < -0.3 is 5.11 Å². The molecule has 2 nitrogen and oxygen atoms in total. The van der Waals surface area contributed by atoms with Gasteiger partial charge in [-0.05, 0) is 49.9 Å². The van der Waals surface area contributed by atoms with Crippen molar-refractivity contribution in [1.82, 2.24) is 0 Å². The van der Waals surface area contributed by atoms with Gasteiger partial charge in [-0.2, -0.15) is 5.26 Å². The van der Waals surface area contributed by atoms with Crippen LogP contribution < -0.4 is 0 Å². The van der Waals surface area contributed by atoms with E-state index in [0.717, 1.165) is 31.6 Å². The predicted molar refractivity (Wildman–Crippen MR) is 66.1 cm³/mol. The van der Waals surface area contributed by atoms with Gasteiger partial charge in [0.2, 0.25) is 0 Å². The monoisotopic (exact) mass is 233 g/mol. The molecule has 94 valence electrons. The molecule has 3 fully saturated rings. The van der Waals surface area contributed by atoms with E-state index in [9.17, 15) is 10.4 Å². The van der Waals surface area contributed by atoms with E-state index < -0.39 is 11.0 Å². The standard InChI is InChI=1S/C15H23NO/c1-11-3-2-6-15(17,8-11)14(10-16)9-12-4-5-13(14)7-12/h11-13,17H,2-9H2,1H3. The van der Waals surface area contributed by atoms with Crippen LogP contribution in [0.15, 0.2) is 0 Å². The zero-order valence-electron chi connectivity index (χ0n) is 10.8. The lowest BCUT2D eigenvalue weighted by Gasteiger charge is -2.49. The van der Waals surface area contributed by atoms with Crippen molar-refractivity contribution in [3.63, 3.8) is 0 Å². The molecule has 2 heteroatoms. The van der Waals surface area contributed by atoms with E-state index in [-0.39, 0.29) is 0 Å². The Morgan fingerprint density at radius 1 is 1.24 bits per heavy atom. The minimum absolute atomic E-state index is 0.398. The number of hydrogen-bond acceptors (Lipinski definition) is 2. The molecule has 3 aliphatic carbocycles. The average molecular weight is 233 g/mol. The molecule has 0 heterocycles. The molecular weight excluding hydrogens is 210 g/mol. The van der Waals surface area contributed by atoms with E-state index in [0.29, 0.717) is 11.8 Å². The second-order valence-corrected chi connectivity index (χ2v) is 6.90. The molecule has 5 unspecified atom stereocenters. The number of nitriles is 1. The van der Waals surface area contributed by atoms with E-state index in [1.54, 1.807) is 0 Å². The van der Waals surface area contributed by atoms with E-state index in [4.69, 9.17) is 0 Å². The predicted octanol–water partition coefficient (Wildman–Crippen LogP) is 3.26. The summed E-state index contributed by atoms with van der Waals surface area (Å²) in [5.74, 6) is 1.78. The molecule has 0 aromatic rings. The SMILES string of the molecule is CC1CCCC(O)(C2(C#N)CC3CCC2C3)C1. The molecule has 0 aromatic heterocycles. The van der Waals surface area contributed by atoms with Gasteiger partial charge in [-0.3, -0.25) is 0 Å². The van der Waals surface area contributed by atoms with E-state index >= 15 is 0 Å². The van der Waals surface area contributed by atoms with Crippen molar-refractivity contribution in [2.45, 2.75) is 63.9 Å². The van der Waals surface area contributed by atoms with Crippen molar-refractivity contribution in [1.29, 1.82) is 5.26 Å². The molecule has 0 spiro atoms. The first kappa shape index (κ1) is 11.5. The first-order chi connectivity index (χ1) is 8.10. The Morgan fingerprint density at radius 2 is 2.06 bits per heavy atom. The highest BCUT2D eigenvalue weighted by Crippen LogP contribution is 2.63. The van der Waals surface area contributed by atoms with Gasteiger partial charge in [0.1, 0.15) is 0 Å². The zero-order chi connectivity index (χ0) is 12.1. The fraction of sp³-hybridized carbons (Fsp3) is 0.933. The summed E-state index contributed by atoms with van der Waals surface area (Å²) in [4.78, 5) is 0. The molecule has 0 aromatic carbocycles. The Balaban J connectivity index is 1.93. The van der Waals surface area contributed by atoms with Crippen LogP contribution in [0.1, 0.15) is 58.3 Å². The molecular formula is C15H23NO. The Kier molecular flexibility index (Phi) is 2.52. The number of rotatable bonds is 1. The van der Waals surface area contributed by atoms with Crippen LogP contribution in [0.4, 0.5) is 0 Å². The maximum atomic E-state index is 11.1. The summed E-state index contributed by atoms with van der Waals surface area (Å²) < 4.78 is 0. The lowest BCUT2D eigenvalue weighted by atomic mass is 9.57. The molecule has 0 saturated heterocycles. The summed E-state index contributed by atoms with van der Waals surface area (Å²) >= 11 is 0. The zero-order valence-corrected chi connectivity index (χ0v) is 10.8. The van der Waals surface area contributed by atoms with Crippen LogP contribution in [0.2, 0.25) is 0 Å². The molecule has 17 heavy (non-hydrogen) atoms. The van der Waals surface area contributed by atoms with Gasteiger partial charge >= 0.3 is 0 Å². The van der Waals surface area contributed by atoms with Crippen molar-refractivity contribution < 1.29 is 5.11 Å². The van der Waals surface area contributed by atoms with Gasteiger partial charge in [0.15, 0.2) is 0 Å². The van der Waals surface area contributed by atoms with Gasteiger partial charge in [0.25, 0.3) is 0 Å². The molecule has 3 aliphatic rings. The normalized spacial score (nSPS) is 53.6. The maximum Gasteiger partial charge on any atom is 0.0891 e. The third-order valence-electron chi connectivity index (χ3n) is 5.85. The number of hydrogen-bond donors (Lipinski definition) is 1. The number of fused-ring (bicyclic) bond motifs is 2. The van der Waals surface area contributed by atoms with Gasteiger partial charge in [-0.25, -0.2) is 0 Å². The second kappa shape index (κ2) is 3.72. The highest BCUT2D eigenvalue weighted by atomic mass is 16.3. The van der Waals surface area contributed by atoms with Crippen LogP contribution in [-0.2, 0) is 0 Å². The summed E-state index contributed by atoms with van der Waals surface area (Å²) in [5.41, 5.74) is -1.08. The lowest BCUT2D eigenvalue weighted by Crippen LogP contribution is -2.53. The lowest BCUT2D eigenvalue weighted by molar-refractivity contribution is -0.116. The van der Waals surface area contributed by atoms with Crippen LogP contribution in [0.25, 0.3) is 0 Å². The summed E-state index contributed by atoms with van der Waals surface area (Å²) in [5, 5.41) is 20.8. The Labute approximate surface area is 104 Å². The van der Waals surface area contributed by atoms with E-state index in [1.807, 2.05) is 0 Å². The van der Waals surface area contributed by atoms with E-state index in [1.165, 1.54) is 25.7 Å². The van der Waals surface area contributed by atoms with Crippen LogP contribution in [0, 0.1) is 34.5 Å². The van der Waals surface area contributed by atoms with Crippen molar-refractivity contribution in [3.05, 3.63) is 0 Å². The van der Waals surface area contributed by atoms with E-state index in [2.05, 4.69) is 13.0 Å². The molecule has 2 bridgehead atoms. The smallest absolute Gasteiger partial charge is 0.0891 e. The fourth-order valence-corrected chi connectivity index (χ4v) is 5.07. The van der Waals surface area contributed by atoms with Gasteiger partial charge in [0, 0.05) is 0 Å². The van der Waals surface area contributed by atoms with Crippen molar-refractivity contribution in [2.75, 3.05) is 0 Å². The fourth-order valence-electron chi connectivity index (χ4n) is 5.07. The summed E-state index contributed by atoms with van der Waals surface area (Å²) in [7, 11) is 0. The third kappa shape index (κ3) is 1.48. The minimum atomic E-state index is -0.681. The van der Waals surface area contributed by atoms with Crippen LogP contribution in [0.3, 0.4) is 0 Å². The summed E-state index contributed by atoms with van der Waals surface area (Å²) in [6.45, 7) is 2.22. The van der Waals surface area contributed by atoms with Crippen molar-refractivity contribution in [2.24, 2.45) is 23.2 Å². The van der Waals surface area contributed by atoms with Gasteiger partial charge in [-0.15, -0.1) is 0 Å². The number of nitrogens with zero attached hydrogens (tertiary/aromatic N) is 1. The molecule has 5 atom stereocenters. The average Bonchev–Trinajstić information content (AvgIpc) is 2.88. The van der Waals surface area contributed by atoms with Crippen LogP contribution >= 0.6 is 0 Å². The highest BCUT2D eigenvalue weighted by Gasteiger charge is 2.62. The first-order valence-corrected chi connectivity index (χ1v) is 7.23. The summed E-state index contributed by atoms with van der Waals surface area (Å²) in [6.07, 6.45) is 8.66. The van der Waals surface area contributed by atoms with Gasteiger partial charge in [-0.1, -0.05) is 26.2 Å². The summed E-state index contributed by atoms with van der Waals surface area (Å²) in [6, 6.07) is 2.59. The molecule has 0 amide bonds. The molecule has 1 N–H and O–H groups in total. The van der Waals surface area contributed by atoms with Crippen molar-refractivity contribution >= 4 is 0 Å². The Morgan fingerprint density at radius 3 is 2.59 bits per heavy atom. The Bertz CT molecular complexity index is 360. The molecule has 3 saturated carbocycles. The first-order valence-electron chi connectivity index (χ1n) is 7.23. The third-order valence-corrected chi connectivity index (χ3v) is 5.85. The van der Waals surface area contributed by atoms with Crippen LogP contribution in [0.5, 0.6) is 0 Å². The maximum absolute atomic E-state index is 11.1. The topological polar surface area (TPSA) is 44.0 Å². The van der Waals surface area contributed by atoms with Crippen LogP contribution in [-0.4, -0.2) is 10.7 Å².